The maximum absolute atomic E-state index is 6.19. The largest absolute Gasteiger partial charge is 0.0837 e. The molecule has 0 aliphatic rings. The smallest absolute Gasteiger partial charge is 0.0484 e. The van der Waals surface area contributed by atoms with Gasteiger partial charge in [0.2, 0.25) is 0 Å². The Bertz CT molecular complexity index is 460. The lowest BCUT2D eigenvalue weighted by Gasteiger charge is -2.09. The topological polar surface area (TPSA) is 0 Å². The molecule has 0 spiro atoms. The van der Waals surface area contributed by atoms with Crippen LogP contribution in [0.15, 0.2) is 48.5 Å². The molecule has 76 valence electrons. The zero-order chi connectivity index (χ0) is 10.7. The summed E-state index contributed by atoms with van der Waals surface area (Å²) in [6, 6.07) is 16.4. The Morgan fingerprint density at radius 2 is 1.47 bits per heavy atom. The van der Waals surface area contributed by atoms with Gasteiger partial charge in [-0.05, 0) is 23.6 Å². The van der Waals surface area contributed by atoms with Gasteiger partial charge in [0.25, 0.3) is 0 Å². The van der Waals surface area contributed by atoms with E-state index in [1.165, 1.54) is 11.1 Å². The predicted octanol–water partition coefficient (Wildman–Crippen LogP) is 4.57. The highest BCUT2D eigenvalue weighted by Crippen LogP contribution is 2.30. The van der Waals surface area contributed by atoms with Crippen LogP contribution in [-0.4, -0.2) is 0 Å². The van der Waals surface area contributed by atoms with Gasteiger partial charge < -0.3 is 0 Å². The average Bonchev–Trinajstić information content (AvgIpc) is 2.30. The maximum Gasteiger partial charge on any atom is 0.0484 e. The van der Waals surface area contributed by atoms with Crippen molar-refractivity contribution in [2.75, 3.05) is 0 Å². The highest BCUT2D eigenvalue weighted by molar-refractivity contribution is 6.33. The third-order valence-corrected chi connectivity index (χ3v) is 2.89. The third kappa shape index (κ3) is 2.05. The Morgan fingerprint density at radius 3 is 2.13 bits per heavy atom. The van der Waals surface area contributed by atoms with Gasteiger partial charge in [0.1, 0.15) is 0 Å². The van der Waals surface area contributed by atoms with Crippen LogP contribution < -0.4 is 0 Å². The molecule has 0 N–H and O–H groups in total. The molecule has 2 aromatic rings. The Morgan fingerprint density at radius 1 is 0.867 bits per heavy atom. The Balaban J connectivity index is 2.59. The van der Waals surface area contributed by atoms with Gasteiger partial charge in [-0.3, -0.25) is 0 Å². The molecule has 0 saturated carbocycles. The van der Waals surface area contributed by atoms with Crippen LogP contribution in [0.5, 0.6) is 0 Å². The van der Waals surface area contributed by atoms with Crippen molar-refractivity contribution in [2.45, 2.75) is 13.3 Å². The predicted molar refractivity (Wildman–Crippen MR) is 66.3 cm³/mol. The van der Waals surface area contributed by atoms with E-state index in [1.54, 1.807) is 0 Å². The van der Waals surface area contributed by atoms with Gasteiger partial charge in [-0.1, -0.05) is 61.0 Å². The van der Waals surface area contributed by atoms with Crippen LogP contribution in [0.1, 0.15) is 12.5 Å². The fourth-order valence-corrected chi connectivity index (χ4v) is 2.01. The Labute approximate surface area is 95.5 Å². The molecule has 1 heteroatoms. The SMILES string of the molecule is CCc1ccccc1-c1ccccc1Cl. The van der Waals surface area contributed by atoms with E-state index in [2.05, 4.69) is 37.3 Å². The second-order valence-electron chi connectivity index (χ2n) is 3.49. The van der Waals surface area contributed by atoms with Crippen LogP contribution in [0, 0.1) is 0 Å². The first kappa shape index (κ1) is 10.3. The van der Waals surface area contributed by atoms with E-state index in [0.717, 1.165) is 17.0 Å². The molecule has 0 amide bonds. The first-order valence-electron chi connectivity index (χ1n) is 5.15. The van der Waals surface area contributed by atoms with Crippen molar-refractivity contribution in [3.63, 3.8) is 0 Å². The normalized spacial score (nSPS) is 10.3. The maximum atomic E-state index is 6.19. The molecular weight excluding hydrogens is 204 g/mol. The summed E-state index contributed by atoms with van der Waals surface area (Å²) in [5.74, 6) is 0. The number of hydrogen-bond acceptors (Lipinski definition) is 0. The minimum absolute atomic E-state index is 0.818. The minimum atomic E-state index is 0.818. The van der Waals surface area contributed by atoms with Gasteiger partial charge in [-0.2, -0.15) is 0 Å². The van der Waals surface area contributed by atoms with Crippen molar-refractivity contribution in [1.82, 2.24) is 0 Å². The second-order valence-corrected chi connectivity index (χ2v) is 3.90. The van der Waals surface area contributed by atoms with Crippen LogP contribution in [0.2, 0.25) is 5.02 Å². The third-order valence-electron chi connectivity index (χ3n) is 2.56. The summed E-state index contributed by atoms with van der Waals surface area (Å²) in [6.45, 7) is 2.16. The van der Waals surface area contributed by atoms with E-state index >= 15 is 0 Å². The monoisotopic (exact) mass is 216 g/mol. The second kappa shape index (κ2) is 4.50. The molecule has 0 bridgehead atoms. The van der Waals surface area contributed by atoms with E-state index in [4.69, 9.17) is 11.6 Å². The van der Waals surface area contributed by atoms with Crippen LogP contribution in [0.3, 0.4) is 0 Å². The van der Waals surface area contributed by atoms with Crippen LogP contribution in [0.4, 0.5) is 0 Å². The van der Waals surface area contributed by atoms with E-state index in [1.807, 2.05) is 18.2 Å². The Hall–Kier alpha value is -1.27. The van der Waals surface area contributed by atoms with Gasteiger partial charge in [-0.25, -0.2) is 0 Å². The van der Waals surface area contributed by atoms with Crippen LogP contribution in [-0.2, 0) is 6.42 Å². The van der Waals surface area contributed by atoms with Crippen LogP contribution >= 0.6 is 11.6 Å². The van der Waals surface area contributed by atoms with E-state index in [9.17, 15) is 0 Å². The number of halogens is 1. The van der Waals surface area contributed by atoms with Crippen molar-refractivity contribution < 1.29 is 0 Å². The lowest BCUT2D eigenvalue weighted by atomic mass is 9.98. The van der Waals surface area contributed by atoms with Gasteiger partial charge in [0, 0.05) is 10.6 Å². The number of hydrogen-bond donors (Lipinski definition) is 0. The van der Waals surface area contributed by atoms with E-state index in [-0.39, 0.29) is 0 Å². The van der Waals surface area contributed by atoms with E-state index < -0.39 is 0 Å². The Kier molecular flexibility index (Phi) is 3.08. The van der Waals surface area contributed by atoms with Crippen molar-refractivity contribution in [1.29, 1.82) is 0 Å². The molecule has 0 unspecified atom stereocenters. The summed E-state index contributed by atoms with van der Waals surface area (Å²) >= 11 is 6.19. The van der Waals surface area contributed by atoms with Crippen molar-refractivity contribution in [2.24, 2.45) is 0 Å². The van der Waals surface area contributed by atoms with Gasteiger partial charge in [0.15, 0.2) is 0 Å². The minimum Gasteiger partial charge on any atom is -0.0837 e. The van der Waals surface area contributed by atoms with Gasteiger partial charge in [-0.15, -0.1) is 0 Å². The molecule has 0 radical (unpaired) electrons. The zero-order valence-corrected chi connectivity index (χ0v) is 9.46. The summed E-state index contributed by atoms with van der Waals surface area (Å²) < 4.78 is 0. The van der Waals surface area contributed by atoms with E-state index in [0.29, 0.717) is 0 Å². The number of benzene rings is 2. The quantitative estimate of drug-likeness (QED) is 0.690. The van der Waals surface area contributed by atoms with Gasteiger partial charge in [0.05, 0.1) is 0 Å². The molecule has 0 aliphatic carbocycles. The molecule has 0 nitrogen and oxygen atoms in total. The molecule has 15 heavy (non-hydrogen) atoms. The lowest BCUT2D eigenvalue weighted by Crippen LogP contribution is -1.87. The standard InChI is InChI=1S/C14H13Cl/c1-2-11-7-3-4-8-12(11)13-9-5-6-10-14(13)15/h3-10H,2H2,1H3. The van der Waals surface area contributed by atoms with Crippen molar-refractivity contribution in [3.8, 4) is 11.1 Å². The molecule has 0 fully saturated rings. The summed E-state index contributed by atoms with van der Waals surface area (Å²) in [6.07, 6.45) is 1.03. The summed E-state index contributed by atoms with van der Waals surface area (Å²) in [4.78, 5) is 0. The first-order chi connectivity index (χ1) is 7.33. The van der Waals surface area contributed by atoms with Crippen molar-refractivity contribution >= 4 is 11.6 Å². The zero-order valence-electron chi connectivity index (χ0n) is 8.70. The molecule has 0 aliphatic heterocycles. The number of aryl methyl sites for hydroxylation is 1. The lowest BCUT2D eigenvalue weighted by molar-refractivity contribution is 1.14. The average molecular weight is 217 g/mol. The molecule has 0 saturated heterocycles. The fourth-order valence-electron chi connectivity index (χ4n) is 1.77. The fraction of sp³-hybridized carbons (Fsp3) is 0.143. The van der Waals surface area contributed by atoms with Crippen LogP contribution in [0.25, 0.3) is 11.1 Å². The summed E-state index contributed by atoms with van der Waals surface area (Å²) in [5.41, 5.74) is 3.70. The molecule has 0 atom stereocenters. The molecule has 0 aromatic heterocycles. The molecule has 2 rings (SSSR count). The highest BCUT2D eigenvalue weighted by atomic mass is 35.5. The molecule has 0 heterocycles. The molecule has 2 aromatic carbocycles. The molecular formula is C14H13Cl. The number of rotatable bonds is 2. The van der Waals surface area contributed by atoms with Gasteiger partial charge >= 0.3 is 0 Å². The summed E-state index contributed by atoms with van der Waals surface area (Å²) in [7, 11) is 0. The van der Waals surface area contributed by atoms with Crippen molar-refractivity contribution in [3.05, 3.63) is 59.1 Å². The first-order valence-corrected chi connectivity index (χ1v) is 5.53. The summed E-state index contributed by atoms with van der Waals surface area (Å²) in [5, 5.41) is 0.818. The highest BCUT2D eigenvalue weighted by Gasteiger charge is 2.05.